The lowest BCUT2D eigenvalue weighted by Crippen LogP contribution is -2.39. The first-order valence-electron chi connectivity index (χ1n) is 7.58. The molecule has 19 heavy (non-hydrogen) atoms. The van der Waals surface area contributed by atoms with Crippen molar-refractivity contribution in [3.8, 4) is 5.75 Å². The minimum atomic E-state index is 0.246. The van der Waals surface area contributed by atoms with Crippen LogP contribution in [0.1, 0.15) is 45.1 Å². The zero-order valence-corrected chi connectivity index (χ0v) is 12.5. The van der Waals surface area contributed by atoms with Gasteiger partial charge in [0.2, 0.25) is 0 Å². The van der Waals surface area contributed by atoms with Gasteiger partial charge in [-0.15, -0.1) is 0 Å². The van der Waals surface area contributed by atoms with Gasteiger partial charge in [-0.3, -0.25) is 0 Å². The minimum Gasteiger partial charge on any atom is -0.494 e. The van der Waals surface area contributed by atoms with Crippen molar-refractivity contribution in [2.45, 2.75) is 44.9 Å². The van der Waals surface area contributed by atoms with Gasteiger partial charge >= 0.3 is 0 Å². The first-order valence-corrected chi connectivity index (χ1v) is 7.58. The summed E-state index contributed by atoms with van der Waals surface area (Å²) in [7, 11) is 2.06. The Morgan fingerprint density at radius 3 is 2.37 bits per heavy atom. The Hall–Kier alpha value is -1.02. The van der Waals surface area contributed by atoms with Crippen LogP contribution in [-0.4, -0.2) is 20.2 Å². The molecule has 0 heterocycles. The minimum absolute atomic E-state index is 0.246. The SMILES string of the molecule is CCOc1ccc(C(C)(CNC)C2CCCC2)cc1. The number of nitrogens with one attached hydrogen (secondary N) is 1. The topological polar surface area (TPSA) is 21.3 Å². The highest BCUT2D eigenvalue weighted by Gasteiger charge is 2.36. The Morgan fingerprint density at radius 1 is 1.21 bits per heavy atom. The quantitative estimate of drug-likeness (QED) is 0.842. The van der Waals surface area contributed by atoms with Crippen molar-refractivity contribution < 1.29 is 4.74 Å². The third-order valence-corrected chi connectivity index (χ3v) is 4.63. The van der Waals surface area contributed by atoms with Crippen molar-refractivity contribution in [2.24, 2.45) is 5.92 Å². The van der Waals surface area contributed by atoms with Crippen LogP contribution in [0.2, 0.25) is 0 Å². The molecule has 1 aliphatic rings. The summed E-state index contributed by atoms with van der Waals surface area (Å²) in [6.07, 6.45) is 5.51. The van der Waals surface area contributed by atoms with E-state index in [9.17, 15) is 0 Å². The molecule has 1 aromatic carbocycles. The van der Waals surface area contributed by atoms with Gasteiger partial charge in [-0.25, -0.2) is 0 Å². The zero-order chi connectivity index (χ0) is 13.7. The Balaban J connectivity index is 2.22. The van der Waals surface area contributed by atoms with Gasteiger partial charge in [0.05, 0.1) is 6.61 Å². The van der Waals surface area contributed by atoms with Crippen LogP contribution < -0.4 is 10.1 Å². The summed E-state index contributed by atoms with van der Waals surface area (Å²) in [6.45, 7) is 6.22. The molecular weight excluding hydrogens is 234 g/mol. The van der Waals surface area contributed by atoms with E-state index >= 15 is 0 Å². The van der Waals surface area contributed by atoms with Gasteiger partial charge in [-0.2, -0.15) is 0 Å². The Labute approximate surface area is 117 Å². The average Bonchev–Trinajstić information content (AvgIpc) is 2.94. The van der Waals surface area contributed by atoms with Gasteiger partial charge in [0.15, 0.2) is 0 Å². The average molecular weight is 261 g/mol. The van der Waals surface area contributed by atoms with Gasteiger partial charge in [0, 0.05) is 12.0 Å². The van der Waals surface area contributed by atoms with Crippen LogP contribution in [0.4, 0.5) is 0 Å². The molecule has 0 spiro atoms. The fraction of sp³-hybridized carbons (Fsp3) is 0.647. The highest BCUT2D eigenvalue weighted by molar-refractivity contribution is 5.33. The van der Waals surface area contributed by atoms with Gasteiger partial charge in [0.1, 0.15) is 5.75 Å². The number of likely N-dealkylation sites (N-methyl/N-ethyl adjacent to an activating group) is 1. The second-order valence-electron chi connectivity index (χ2n) is 5.89. The summed E-state index contributed by atoms with van der Waals surface area (Å²) in [6, 6.07) is 8.73. The smallest absolute Gasteiger partial charge is 0.119 e. The molecule has 1 aliphatic carbocycles. The highest BCUT2D eigenvalue weighted by Crippen LogP contribution is 2.42. The molecule has 0 aliphatic heterocycles. The number of hydrogen-bond donors (Lipinski definition) is 1. The van der Waals surface area contributed by atoms with Crippen molar-refractivity contribution in [3.63, 3.8) is 0 Å². The number of rotatable bonds is 6. The van der Waals surface area contributed by atoms with Crippen molar-refractivity contribution in [1.82, 2.24) is 5.32 Å². The van der Waals surface area contributed by atoms with E-state index in [0.717, 1.165) is 24.8 Å². The molecule has 2 rings (SSSR count). The van der Waals surface area contributed by atoms with Crippen molar-refractivity contribution in [2.75, 3.05) is 20.2 Å². The molecule has 0 saturated heterocycles. The Kier molecular flexibility index (Phi) is 4.87. The number of benzene rings is 1. The van der Waals surface area contributed by atoms with E-state index in [2.05, 4.69) is 43.6 Å². The van der Waals surface area contributed by atoms with Gasteiger partial charge < -0.3 is 10.1 Å². The maximum atomic E-state index is 5.54. The maximum absolute atomic E-state index is 5.54. The summed E-state index contributed by atoms with van der Waals surface area (Å²) in [5, 5.41) is 3.39. The van der Waals surface area contributed by atoms with Crippen LogP contribution in [0.5, 0.6) is 5.75 Å². The molecule has 1 N–H and O–H groups in total. The van der Waals surface area contributed by atoms with E-state index in [0.29, 0.717) is 0 Å². The molecule has 1 fully saturated rings. The molecule has 2 heteroatoms. The van der Waals surface area contributed by atoms with Crippen molar-refractivity contribution in [1.29, 1.82) is 0 Å². The van der Waals surface area contributed by atoms with E-state index in [1.807, 2.05) is 6.92 Å². The lowest BCUT2D eigenvalue weighted by Gasteiger charge is -2.36. The van der Waals surface area contributed by atoms with E-state index in [1.54, 1.807) is 0 Å². The normalized spacial score (nSPS) is 19.3. The van der Waals surface area contributed by atoms with E-state index in [1.165, 1.54) is 31.2 Å². The lowest BCUT2D eigenvalue weighted by molar-refractivity contribution is 0.288. The van der Waals surface area contributed by atoms with Gasteiger partial charge in [0.25, 0.3) is 0 Å². The highest BCUT2D eigenvalue weighted by atomic mass is 16.5. The standard InChI is InChI=1S/C17H27NO/c1-4-19-16-11-9-15(10-12-16)17(2,13-18-3)14-7-5-6-8-14/h9-12,14,18H,4-8,13H2,1-3H3. The van der Waals surface area contributed by atoms with Gasteiger partial charge in [-0.05, 0) is 50.4 Å². The largest absolute Gasteiger partial charge is 0.494 e. The molecule has 0 radical (unpaired) electrons. The third kappa shape index (κ3) is 3.11. The molecule has 106 valence electrons. The second kappa shape index (κ2) is 6.42. The van der Waals surface area contributed by atoms with Crippen LogP contribution >= 0.6 is 0 Å². The maximum Gasteiger partial charge on any atom is 0.119 e. The summed E-state index contributed by atoms with van der Waals surface area (Å²) in [5.41, 5.74) is 1.69. The molecule has 0 amide bonds. The van der Waals surface area contributed by atoms with Crippen LogP contribution in [0, 0.1) is 5.92 Å². The molecule has 1 unspecified atom stereocenters. The van der Waals surface area contributed by atoms with E-state index in [-0.39, 0.29) is 5.41 Å². The molecular formula is C17H27NO. The monoisotopic (exact) mass is 261 g/mol. The van der Waals surface area contributed by atoms with Crippen molar-refractivity contribution >= 4 is 0 Å². The van der Waals surface area contributed by atoms with Crippen molar-refractivity contribution in [3.05, 3.63) is 29.8 Å². The predicted octanol–water partition coefficient (Wildman–Crippen LogP) is 3.75. The third-order valence-electron chi connectivity index (χ3n) is 4.63. The molecule has 1 saturated carbocycles. The van der Waals surface area contributed by atoms with Crippen LogP contribution in [-0.2, 0) is 5.41 Å². The second-order valence-corrected chi connectivity index (χ2v) is 5.89. The van der Waals surface area contributed by atoms with E-state index in [4.69, 9.17) is 4.74 Å². The van der Waals surface area contributed by atoms with Crippen LogP contribution in [0.25, 0.3) is 0 Å². The summed E-state index contributed by atoms with van der Waals surface area (Å²) < 4.78 is 5.54. The fourth-order valence-corrected chi connectivity index (χ4v) is 3.51. The van der Waals surface area contributed by atoms with E-state index < -0.39 is 0 Å². The molecule has 0 bridgehead atoms. The molecule has 1 aromatic rings. The van der Waals surface area contributed by atoms with Crippen LogP contribution in [0.3, 0.4) is 0 Å². The summed E-state index contributed by atoms with van der Waals surface area (Å²) in [4.78, 5) is 0. The number of hydrogen-bond acceptors (Lipinski definition) is 2. The fourth-order valence-electron chi connectivity index (χ4n) is 3.51. The zero-order valence-electron chi connectivity index (χ0n) is 12.5. The summed E-state index contributed by atoms with van der Waals surface area (Å²) in [5.74, 6) is 1.78. The summed E-state index contributed by atoms with van der Waals surface area (Å²) >= 11 is 0. The molecule has 2 nitrogen and oxygen atoms in total. The lowest BCUT2D eigenvalue weighted by atomic mass is 9.71. The molecule has 1 atom stereocenters. The first-order chi connectivity index (χ1) is 9.20. The van der Waals surface area contributed by atoms with Gasteiger partial charge in [-0.1, -0.05) is 31.9 Å². The number of ether oxygens (including phenoxy) is 1. The Bertz CT molecular complexity index is 381. The molecule has 0 aromatic heterocycles. The van der Waals surface area contributed by atoms with Crippen LogP contribution in [0.15, 0.2) is 24.3 Å². The predicted molar refractivity (Wildman–Crippen MR) is 80.8 cm³/mol. The first kappa shape index (κ1) is 14.4. The Morgan fingerprint density at radius 2 is 1.84 bits per heavy atom.